The Bertz CT molecular complexity index is 1520. The van der Waals surface area contributed by atoms with Crippen molar-refractivity contribution in [2.75, 3.05) is 19.8 Å². The number of alkyl carbamates (subject to hydrolysis) is 1. The van der Waals surface area contributed by atoms with E-state index >= 15 is 0 Å². The summed E-state index contributed by atoms with van der Waals surface area (Å²) in [7, 11) is 0. The van der Waals surface area contributed by atoms with Crippen molar-refractivity contribution in [2.24, 2.45) is 11.8 Å². The summed E-state index contributed by atoms with van der Waals surface area (Å²) >= 11 is 0. The number of aliphatic hydroxyl groups is 1. The Morgan fingerprint density at radius 2 is 1.53 bits per heavy atom. The van der Waals surface area contributed by atoms with Crippen molar-refractivity contribution in [3.8, 4) is 0 Å². The summed E-state index contributed by atoms with van der Waals surface area (Å²) in [5.41, 5.74) is 2.93. The molecule has 0 bridgehead atoms. The monoisotopic (exact) mass is 697 g/mol. The number of nitrogens with one attached hydrogen (secondary N) is 3. The van der Waals surface area contributed by atoms with Crippen molar-refractivity contribution in [3.05, 3.63) is 120 Å². The van der Waals surface area contributed by atoms with Crippen LogP contribution in [0.15, 0.2) is 103 Å². The molecular formula is C41H51N3O7. The fraction of sp³-hybridized carbons (Fsp3) is 0.415. The second-order valence-electron chi connectivity index (χ2n) is 13.0. The fourth-order valence-electron chi connectivity index (χ4n) is 6.03. The van der Waals surface area contributed by atoms with Crippen LogP contribution in [-0.4, -0.2) is 60.8 Å². The first-order chi connectivity index (χ1) is 24.9. The maximum Gasteiger partial charge on any atom is 0.407 e. The molecule has 0 saturated carbocycles. The molecule has 3 amide bonds. The number of hydrogen-bond donors (Lipinski definition) is 4. The molecule has 0 aromatic heterocycles. The molecule has 3 aromatic rings. The number of cyclic esters (lactones) is 1. The maximum atomic E-state index is 13.7. The average Bonchev–Trinajstić information content (AvgIpc) is 3.16. The van der Waals surface area contributed by atoms with Crippen molar-refractivity contribution in [1.82, 2.24) is 16.0 Å². The molecule has 4 rings (SSSR count). The van der Waals surface area contributed by atoms with Crippen LogP contribution in [0.4, 0.5) is 4.79 Å². The molecule has 10 heteroatoms. The van der Waals surface area contributed by atoms with Crippen molar-refractivity contribution >= 4 is 23.9 Å². The normalized spacial score (nSPS) is 18.9. The van der Waals surface area contributed by atoms with Gasteiger partial charge in [-0.05, 0) is 68.1 Å². The number of hydrogen-bond acceptors (Lipinski definition) is 7. The van der Waals surface area contributed by atoms with E-state index in [1.54, 1.807) is 0 Å². The smallest absolute Gasteiger partial charge is 0.407 e. The number of benzene rings is 3. The predicted octanol–water partition coefficient (Wildman–Crippen LogP) is 5.44. The minimum Gasteiger partial charge on any atom is -0.463 e. The molecule has 1 aliphatic rings. The number of unbranched alkanes of at least 4 members (excludes halogenated alkanes) is 1. The number of rotatable bonds is 15. The van der Waals surface area contributed by atoms with Crippen molar-refractivity contribution < 1.29 is 33.8 Å². The molecule has 1 heterocycles. The summed E-state index contributed by atoms with van der Waals surface area (Å²) in [4.78, 5) is 52.4. The van der Waals surface area contributed by atoms with Crippen molar-refractivity contribution in [2.45, 2.75) is 76.5 Å². The van der Waals surface area contributed by atoms with Gasteiger partial charge in [-0.15, -0.1) is 0 Å². The number of esters is 1. The van der Waals surface area contributed by atoms with E-state index in [2.05, 4.69) is 16.0 Å². The van der Waals surface area contributed by atoms with E-state index in [0.717, 1.165) is 16.7 Å². The van der Waals surface area contributed by atoms with Gasteiger partial charge in [0.2, 0.25) is 11.8 Å². The van der Waals surface area contributed by atoms with Gasteiger partial charge in [0, 0.05) is 13.0 Å². The Morgan fingerprint density at radius 1 is 0.863 bits per heavy atom. The molecule has 3 aromatic carbocycles. The molecule has 0 aliphatic carbocycles. The lowest BCUT2D eigenvalue weighted by molar-refractivity contribution is -0.150. The lowest BCUT2D eigenvalue weighted by Crippen LogP contribution is -2.45. The maximum absolute atomic E-state index is 13.7. The van der Waals surface area contributed by atoms with Crippen LogP contribution in [0.2, 0.25) is 0 Å². The SMILES string of the molecule is O=C(CC1CC=CCCC(Cc2ccccc2)C(=O)OCC(CCCCNC(=O)OCc2ccccc2)NC1=O)NC(CO)Cc1ccccc1. The average molecular weight is 698 g/mol. The van der Waals surface area contributed by atoms with Crippen molar-refractivity contribution in [3.63, 3.8) is 0 Å². The zero-order valence-corrected chi connectivity index (χ0v) is 29.2. The highest BCUT2D eigenvalue weighted by Gasteiger charge is 2.27. The Hall–Kier alpha value is -4.96. The van der Waals surface area contributed by atoms with Crippen LogP contribution in [0.3, 0.4) is 0 Å². The molecule has 0 radical (unpaired) electrons. The first-order valence-electron chi connectivity index (χ1n) is 17.9. The van der Waals surface area contributed by atoms with E-state index in [1.165, 1.54) is 0 Å². The highest BCUT2D eigenvalue weighted by atomic mass is 16.5. The number of ether oxygens (including phenoxy) is 2. The summed E-state index contributed by atoms with van der Waals surface area (Å²) in [5, 5.41) is 18.7. The van der Waals surface area contributed by atoms with Gasteiger partial charge in [-0.1, -0.05) is 103 Å². The molecule has 0 fully saturated rings. The number of aliphatic hydroxyl groups excluding tert-OH is 1. The summed E-state index contributed by atoms with van der Waals surface area (Å²) in [5.74, 6) is -1.93. The molecule has 51 heavy (non-hydrogen) atoms. The molecule has 10 nitrogen and oxygen atoms in total. The molecule has 4 N–H and O–H groups in total. The minimum absolute atomic E-state index is 0.00157. The molecule has 1 aliphatic heterocycles. The summed E-state index contributed by atoms with van der Waals surface area (Å²) in [6.07, 6.45) is 7.65. The Kier molecular flexibility index (Phi) is 16.7. The quantitative estimate of drug-likeness (QED) is 0.0942. The van der Waals surface area contributed by atoms with Crippen LogP contribution in [-0.2, 0) is 43.3 Å². The third kappa shape index (κ3) is 14.8. The topological polar surface area (TPSA) is 143 Å². The lowest BCUT2D eigenvalue weighted by atomic mass is 9.94. The van der Waals surface area contributed by atoms with Crippen LogP contribution in [0.1, 0.15) is 61.6 Å². The summed E-state index contributed by atoms with van der Waals surface area (Å²) in [6.45, 7) is 0.336. The highest BCUT2D eigenvalue weighted by molar-refractivity contribution is 5.86. The van der Waals surface area contributed by atoms with Gasteiger partial charge < -0.3 is 30.5 Å². The van der Waals surface area contributed by atoms with Crippen LogP contribution in [0.25, 0.3) is 0 Å². The largest absolute Gasteiger partial charge is 0.463 e. The van der Waals surface area contributed by atoms with Gasteiger partial charge in [-0.2, -0.15) is 0 Å². The van der Waals surface area contributed by atoms with Gasteiger partial charge in [0.25, 0.3) is 0 Å². The Balaban J connectivity index is 1.36. The van der Waals surface area contributed by atoms with E-state index in [0.29, 0.717) is 57.9 Å². The van der Waals surface area contributed by atoms with Gasteiger partial charge in [0.1, 0.15) is 13.2 Å². The number of carbonyl (C=O) groups is 4. The zero-order chi connectivity index (χ0) is 36.1. The first kappa shape index (κ1) is 38.8. The molecule has 0 saturated heterocycles. The molecule has 0 spiro atoms. The van der Waals surface area contributed by atoms with Crippen LogP contribution < -0.4 is 16.0 Å². The van der Waals surface area contributed by atoms with Gasteiger partial charge in [-0.25, -0.2) is 4.79 Å². The highest BCUT2D eigenvalue weighted by Crippen LogP contribution is 2.20. The lowest BCUT2D eigenvalue weighted by Gasteiger charge is -2.24. The third-order valence-corrected chi connectivity index (χ3v) is 8.87. The Labute approximate surface area is 301 Å². The van der Waals surface area contributed by atoms with E-state index < -0.39 is 24.1 Å². The van der Waals surface area contributed by atoms with E-state index in [-0.39, 0.29) is 49.9 Å². The second kappa shape index (κ2) is 22.0. The van der Waals surface area contributed by atoms with E-state index in [1.807, 2.05) is 103 Å². The standard InChI is InChI=1S/C41H51N3O7/c45-28-37(26-32-17-7-2-8-18-32)43-38(46)27-34-21-11-4-12-22-35(25-31-15-5-1-6-16-31)40(48)50-30-36(44-39(34)47)23-13-14-24-42-41(49)51-29-33-19-9-3-10-20-33/h1-11,15-20,34-37,45H,12-14,21-30H2,(H,42,49)(H,43,46)(H,44,47). The molecule has 4 unspecified atom stereocenters. The molecule has 4 atom stereocenters. The fourth-order valence-corrected chi connectivity index (χ4v) is 6.03. The molecular weight excluding hydrogens is 646 g/mol. The number of amides is 3. The van der Waals surface area contributed by atoms with Gasteiger partial charge in [-0.3, -0.25) is 14.4 Å². The third-order valence-electron chi connectivity index (χ3n) is 8.87. The summed E-state index contributed by atoms with van der Waals surface area (Å²) < 4.78 is 11.1. The van der Waals surface area contributed by atoms with Gasteiger partial charge in [0.05, 0.1) is 30.5 Å². The first-order valence-corrected chi connectivity index (χ1v) is 17.9. The second-order valence-corrected chi connectivity index (χ2v) is 13.0. The summed E-state index contributed by atoms with van der Waals surface area (Å²) in [6, 6.07) is 27.9. The van der Waals surface area contributed by atoms with Crippen LogP contribution >= 0.6 is 0 Å². The molecule has 272 valence electrons. The van der Waals surface area contributed by atoms with Crippen LogP contribution in [0.5, 0.6) is 0 Å². The van der Waals surface area contributed by atoms with E-state index in [9.17, 15) is 24.3 Å². The van der Waals surface area contributed by atoms with E-state index in [4.69, 9.17) is 9.47 Å². The number of allylic oxidation sites excluding steroid dienone is 2. The van der Waals surface area contributed by atoms with Crippen molar-refractivity contribution in [1.29, 1.82) is 0 Å². The predicted molar refractivity (Wildman–Crippen MR) is 195 cm³/mol. The minimum atomic E-state index is -0.655. The van der Waals surface area contributed by atoms with Gasteiger partial charge in [0.15, 0.2) is 0 Å². The van der Waals surface area contributed by atoms with Gasteiger partial charge >= 0.3 is 12.1 Å². The van der Waals surface area contributed by atoms with Crippen LogP contribution in [0, 0.1) is 11.8 Å². The number of carbonyl (C=O) groups excluding carboxylic acids is 4. The zero-order valence-electron chi connectivity index (χ0n) is 29.2. The Morgan fingerprint density at radius 3 is 2.22 bits per heavy atom.